The van der Waals surface area contributed by atoms with Crippen LogP contribution in [0, 0.1) is 0 Å². The van der Waals surface area contributed by atoms with Crippen molar-refractivity contribution in [2.75, 3.05) is 7.11 Å². The molecule has 0 unspecified atom stereocenters. The molecule has 1 rings (SSSR count). The van der Waals surface area contributed by atoms with Crippen LogP contribution in [0.1, 0.15) is 5.56 Å². The molecule has 0 atom stereocenters. The largest absolute Gasteiger partial charge is 0.504 e. The molecule has 1 aromatic carbocycles. The van der Waals surface area contributed by atoms with Crippen molar-refractivity contribution in [3.05, 3.63) is 23.8 Å². The number of hydrogen-bond acceptors (Lipinski definition) is 4. The Labute approximate surface area is 76.1 Å². The van der Waals surface area contributed by atoms with Gasteiger partial charge in [-0.05, 0) is 17.7 Å². The molecule has 0 aliphatic carbocycles. The Balaban J connectivity index is 2.83. The van der Waals surface area contributed by atoms with Gasteiger partial charge in [-0.25, -0.2) is 0 Å². The first-order valence-corrected chi connectivity index (χ1v) is 3.79. The monoisotopic (exact) mass is 181 g/mol. The molecule has 4 nitrogen and oxygen atoms in total. The van der Waals surface area contributed by atoms with E-state index in [0.717, 1.165) is 5.56 Å². The van der Waals surface area contributed by atoms with E-state index in [-0.39, 0.29) is 5.75 Å². The van der Waals surface area contributed by atoms with E-state index >= 15 is 0 Å². The van der Waals surface area contributed by atoms with Gasteiger partial charge in [-0.3, -0.25) is 0 Å². The maximum absolute atomic E-state index is 9.36. The first-order chi connectivity index (χ1) is 6.27. The van der Waals surface area contributed by atoms with E-state index < -0.39 is 0 Å². The highest BCUT2D eigenvalue weighted by Gasteiger charge is 2.00. The Kier molecular flexibility index (Phi) is 3.14. The van der Waals surface area contributed by atoms with Gasteiger partial charge in [0.25, 0.3) is 0 Å². The Morgan fingerprint density at radius 1 is 1.54 bits per heavy atom. The van der Waals surface area contributed by atoms with Gasteiger partial charge >= 0.3 is 0 Å². The summed E-state index contributed by atoms with van der Waals surface area (Å²) >= 11 is 0. The van der Waals surface area contributed by atoms with Crippen LogP contribution in [0.5, 0.6) is 11.5 Å². The molecule has 0 amide bonds. The standard InChI is InChI=1S/C9H11NO3/c1-13-9-3-2-7(4-5-10-12)6-8(9)11/h2-3,5-6,11-12H,4H2,1H3/b10-5+. The lowest BCUT2D eigenvalue weighted by Crippen LogP contribution is -1.88. The van der Waals surface area contributed by atoms with Gasteiger partial charge in [-0.1, -0.05) is 6.07 Å². The molecular weight excluding hydrogens is 170 g/mol. The lowest BCUT2D eigenvalue weighted by molar-refractivity contribution is 0.320. The minimum Gasteiger partial charge on any atom is -0.504 e. The van der Waals surface area contributed by atoms with Crippen molar-refractivity contribution in [2.45, 2.75) is 6.42 Å². The number of hydrogen-bond donors (Lipinski definition) is 2. The summed E-state index contributed by atoms with van der Waals surface area (Å²) in [4.78, 5) is 0. The number of nitrogens with zero attached hydrogens (tertiary/aromatic N) is 1. The molecule has 0 saturated heterocycles. The predicted molar refractivity (Wildman–Crippen MR) is 48.6 cm³/mol. The zero-order valence-electron chi connectivity index (χ0n) is 7.27. The summed E-state index contributed by atoms with van der Waals surface area (Å²) in [7, 11) is 1.49. The molecule has 13 heavy (non-hydrogen) atoms. The maximum Gasteiger partial charge on any atom is 0.160 e. The van der Waals surface area contributed by atoms with E-state index in [4.69, 9.17) is 9.94 Å². The summed E-state index contributed by atoms with van der Waals surface area (Å²) in [6.45, 7) is 0. The lowest BCUT2D eigenvalue weighted by Gasteiger charge is -2.03. The summed E-state index contributed by atoms with van der Waals surface area (Å²) in [5.41, 5.74) is 0.858. The lowest BCUT2D eigenvalue weighted by atomic mass is 10.1. The number of oxime groups is 1. The highest BCUT2D eigenvalue weighted by Crippen LogP contribution is 2.25. The van der Waals surface area contributed by atoms with E-state index in [9.17, 15) is 5.11 Å². The smallest absolute Gasteiger partial charge is 0.160 e. The molecule has 0 radical (unpaired) electrons. The summed E-state index contributed by atoms with van der Waals surface area (Å²) in [5.74, 6) is 0.524. The van der Waals surface area contributed by atoms with Crippen molar-refractivity contribution in [3.8, 4) is 11.5 Å². The van der Waals surface area contributed by atoms with Crippen molar-refractivity contribution in [1.29, 1.82) is 0 Å². The molecular formula is C9H11NO3. The minimum atomic E-state index is 0.0892. The first kappa shape index (κ1) is 9.38. The number of rotatable bonds is 3. The molecule has 0 aromatic heterocycles. The van der Waals surface area contributed by atoms with Gasteiger partial charge in [0, 0.05) is 12.6 Å². The minimum absolute atomic E-state index is 0.0892. The number of methoxy groups -OCH3 is 1. The predicted octanol–water partition coefficient (Wildman–Crippen LogP) is 1.40. The molecule has 0 saturated carbocycles. The Morgan fingerprint density at radius 3 is 2.85 bits per heavy atom. The Bertz CT molecular complexity index is 310. The number of phenolic OH excluding ortho intramolecular Hbond substituents is 1. The number of ether oxygens (including phenoxy) is 1. The van der Waals surface area contributed by atoms with Crippen LogP contribution < -0.4 is 4.74 Å². The molecule has 0 spiro atoms. The highest BCUT2D eigenvalue weighted by molar-refractivity contribution is 5.61. The van der Waals surface area contributed by atoms with Gasteiger partial charge in [0.2, 0.25) is 0 Å². The van der Waals surface area contributed by atoms with Crippen molar-refractivity contribution < 1.29 is 15.1 Å². The third-order valence-electron chi connectivity index (χ3n) is 1.65. The van der Waals surface area contributed by atoms with Crippen LogP contribution in [0.15, 0.2) is 23.4 Å². The van der Waals surface area contributed by atoms with Gasteiger partial charge in [-0.2, -0.15) is 0 Å². The van der Waals surface area contributed by atoms with Gasteiger partial charge in [0.1, 0.15) is 0 Å². The third-order valence-corrected chi connectivity index (χ3v) is 1.65. The molecule has 1 aromatic rings. The molecule has 0 aliphatic rings. The highest BCUT2D eigenvalue weighted by atomic mass is 16.5. The Hall–Kier alpha value is -1.71. The molecule has 0 heterocycles. The molecule has 0 aliphatic heterocycles. The van der Waals surface area contributed by atoms with Crippen LogP contribution in [0.3, 0.4) is 0 Å². The fraction of sp³-hybridized carbons (Fsp3) is 0.222. The van der Waals surface area contributed by atoms with E-state index in [2.05, 4.69) is 5.16 Å². The number of phenols is 1. The normalized spacial score (nSPS) is 10.5. The molecule has 0 fully saturated rings. The fourth-order valence-corrected chi connectivity index (χ4v) is 1.01. The van der Waals surface area contributed by atoms with Gasteiger partial charge in [0.05, 0.1) is 7.11 Å². The molecule has 70 valence electrons. The molecule has 0 bridgehead atoms. The van der Waals surface area contributed by atoms with Crippen molar-refractivity contribution in [2.24, 2.45) is 5.16 Å². The third kappa shape index (κ3) is 2.37. The summed E-state index contributed by atoms with van der Waals surface area (Å²) in [6, 6.07) is 5.02. The summed E-state index contributed by atoms with van der Waals surface area (Å²) < 4.78 is 4.87. The number of aromatic hydroxyl groups is 1. The summed E-state index contributed by atoms with van der Waals surface area (Å²) in [5, 5.41) is 20.4. The zero-order chi connectivity index (χ0) is 9.68. The number of benzene rings is 1. The quantitative estimate of drug-likeness (QED) is 0.421. The Morgan fingerprint density at radius 2 is 2.31 bits per heavy atom. The molecule has 2 N–H and O–H groups in total. The average molecular weight is 181 g/mol. The fourth-order valence-electron chi connectivity index (χ4n) is 1.01. The zero-order valence-corrected chi connectivity index (χ0v) is 7.27. The van der Waals surface area contributed by atoms with Crippen LogP contribution in [0.4, 0.5) is 0 Å². The topological polar surface area (TPSA) is 62.0 Å². The molecule has 4 heteroatoms. The second-order valence-corrected chi connectivity index (χ2v) is 2.51. The van der Waals surface area contributed by atoms with E-state index in [1.54, 1.807) is 18.2 Å². The second-order valence-electron chi connectivity index (χ2n) is 2.51. The van der Waals surface area contributed by atoms with Crippen LogP contribution in [-0.4, -0.2) is 23.6 Å². The van der Waals surface area contributed by atoms with E-state index in [1.165, 1.54) is 13.3 Å². The summed E-state index contributed by atoms with van der Waals surface area (Å²) in [6.07, 6.45) is 1.83. The van der Waals surface area contributed by atoms with Gasteiger partial charge in [-0.15, -0.1) is 5.16 Å². The van der Waals surface area contributed by atoms with Crippen molar-refractivity contribution in [1.82, 2.24) is 0 Å². The van der Waals surface area contributed by atoms with Crippen LogP contribution in [-0.2, 0) is 6.42 Å². The van der Waals surface area contributed by atoms with E-state index in [1.807, 2.05) is 0 Å². The van der Waals surface area contributed by atoms with Crippen LogP contribution >= 0.6 is 0 Å². The van der Waals surface area contributed by atoms with Gasteiger partial charge in [0.15, 0.2) is 11.5 Å². The van der Waals surface area contributed by atoms with Gasteiger partial charge < -0.3 is 15.1 Å². The van der Waals surface area contributed by atoms with Crippen molar-refractivity contribution in [3.63, 3.8) is 0 Å². The maximum atomic E-state index is 9.36. The van der Waals surface area contributed by atoms with Crippen molar-refractivity contribution >= 4 is 6.21 Å². The SMILES string of the molecule is COc1ccc(C/C=N/O)cc1O. The average Bonchev–Trinajstić information content (AvgIpc) is 2.15. The van der Waals surface area contributed by atoms with Crippen LogP contribution in [0.25, 0.3) is 0 Å². The van der Waals surface area contributed by atoms with E-state index in [0.29, 0.717) is 12.2 Å². The second kappa shape index (κ2) is 4.35. The first-order valence-electron chi connectivity index (χ1n) is 3.79. The van der Waals surface area contributed by atoms with Crippen LogP contribution in [0.2, 0.25) is 0 Å².